The molecule has 1 aliphatic rings. The van der Waals surface area contributed by atoms with Gasteiger partial charge in [0, 0.05) is 0 Å². The number of aliphatic hydroxyl groups excluding tert-OH is 5. The Morgan fingerprint density at radius 3 is 2.19 bits per heavy atom. The highest BCUT2D eigenvalue weighted by atomic mass is 31.2. The van der Waals surface area contributed by atoms with Crippen LogP contribution in [-0.4, -0.2) is 91.9 Å². The van der Waals surface area contributed by atoms with Crippen molar-refractivity contribution < 1.29 is 53.9 Å². The molecule has 0 saturated carbocycles. The fraction of sp³-hybridized carbons (Fsp3) is 1.00. The molecule has 1 heterocycles. The minimum Gasteiger partial charge on any atom is -0.394 e. The zero-order valence-corrected chi connectivity index (χ0v) is 11.7. The van der Waals surface area contributed by atoms with Crippen LogP contribution >= 0.6 is 7.82 Å². The average molecular weight is 334 g/mol. The van der Waals surface area contributed by atoms with Gasteiger partial charge in [0.2, 0.25) is 0 Å². The van der Waals surface area contributed by atoms with Gasteiger partial charge in [-0.25, -0.2) is 4.57 Å². The summed E-state index contributed by atoms with van der Waals surface area (Å²) in [4.78, 5) is 17.1. The van der Waals surface area contributed by atoms with Gasteiger partial charge in [0.25, 0.3) is 0 Å². The Morgan fingerprint density at radius 1 is 1.10 bits per heavy atom. The van der Waals surface area contributed by atoms with E-state index in [9.17, 15) is 19.9 Å². The van der Waals surface area contributed by atoms with Crippen molar-refractivity contribution in [2.45, 2.75) is 36.8 Å². The number of hydrogen-bond donors (Lipinski definition) is 7. The van der Waals surface area contributed by atoms with Crippen LogP contribution in [0.15, 0.2) is 0 Å². The molecule has 7 N–H and O–H groups in total. The smallest absolute Gasteiger partial charge is 0.394 e. The molecule has 11 nitrogen and oxygen atoms in total. The molecule has 0 radical (unpaired) electrons. The van der Waals surface area contributed by atoms with E-state index < -0.39 is 64.5 Å². The van der Waals surface area contributed by atoms with Crippen LogP contribution < -0.4 is 0 Å². The lowest BCUT2D eigenvalue weighted by molar-refractivity contribution is -0.314. The van der Waals surface area contributed by atoms with E-state index in [0.717, 1.165) is 0 Å². The van der Waals surface area contributed by atoms with Crippen molar-refractivity contribution in [3.05, 3.63) is 0 Å². The first-order valence-corrected chi connectivity index (χ1v) is 7.49. The molecule has 1 rings (SSSR count). The lowest BCUT2D eigenvalue weighted by Gasteiger charge is -2.40. The molecular formula is C9H19O11P. The third kappa shape index (κ3) is 5.51. The largest absolute Gasteiger partial charge is 0.469 e. The maximum Gasteiger partial charge on any atom is 0.469 e. The van der Waals surface area contributed by atoms with Crippen molar-refractivity contribution in [1.82, 2.24) is 0 Å². The van der Waals surface area contributed by atoms with Gasteiger partial charge in [0.05, 0.1) is 19.8 Å². The molecule has 1 saturated heterocycles. The summed E-state index contributed by atoms with van der Waals surface area (Å²) in [5.41, 5.74) is 0. The maximum absolute atomic E-state index is 10.5. The third-order valence-electron chi connectivity index (χ3n) is 2.81. The first kappa shape index (κ1) is 18.9. The fourth-order valence-corrected chi connectivity index (χ4v) is 2.05. The molecule has 0 aliphatic carbocycles. The molecule has 0 spiro atoms. The van der Waals surface area contributed by atoms with Gasteiger partial charge >= 0.3 is 7.82 Å². The molecule has 0 aromatic heterocycles. The highest BCUT2D eigenvalue weighted by Crippen LogP contribution is 2.36. The average Bonchev–Trinajstić information content (AvgIpc) is 2.42. The third-order valence-corrected chi connectivity index (χ3v) is 3.29. The highest BCUT2D eigenvalue weighted by molar-refractivity contribution is 7.46. The molecule has 126 valence electrons. The monoisotopic (exact) mass is 334 g/mol. The molecule has 6 atom stereocenters. The number of phosphoric acid groups is 1. The van der Waals surface area contributed by atoms with Crippen LogP contribution in [0.1, 0.15) is 0 Å². The second-order valence-corrected chi connectivity index (χ2v) is 5.66. The van der Waals surface area contributed by atoms with Gasteiger partial charge in [-0.1, -0.05) is 0 Å². The van der Waals surface area contributed by atoms with Gasteiger partial charge in [0.1, 0.15) is 30.5 Å². The van der Waals surface area contributed by atoms with Crippen LogP contribution in [-0.2, 0) is 18.6 Å². The van der Waals surface area contributed by atoms with E-state index in [2.05, 4.69) is 4.52 Å². The quantitative estimate of drug-likeness (QED) is 0.227. The van der Waals surface area contributed by atoms with Gasteiger partial charge in [-0.3, -0.25) is 4.52 Å². The van der Waals surface area contributed by atoms with E-state index in [1.165, 1.54) is 0 Å². The van der Waals surface area contributed by atoms with Gasteiger partial charge < -0.3 is 44.8 Å². The summed E-state index contributed by atoms with van der Waals surface area (Å²) in [7, 11) is -4.77. The Bertz CT molecular complexity index is 358. The van der Waals surface area contributed by atoms with Crippen molar-refractivity contribution in [1.29, 1.82) is 0 Å². The van der Waals surface area contributed by atoms with E-state index in [4.69, 9.17) is 29.5 Å². The molecule has 0 aromatic carbocycles. The van der Waals surface area contributed by atoms with E-state index in [1.54, 1.807) is 0 Å². The van der Waals surface area contributed by atoms with Crippen LogP contribution in [0, 0.1) is 0 Å². The predicted molar refractivity (Wildman–Crippen MR) is 63.7 cm³/mol. The Morgan fingerprint density at radius 2 is 1.71 bits per heavy atom. The second kappa shape index (κ2) is 7.90. The van der Waals surface area contributed by atoms with Crippen LogP contribution in [0.25, 0.3) is 0 Å². The summed E-state index contributed by atoms with van der Waals surface area (Å²) in [6.45, 7) is -2.07. The van der Waals surface area contributed by atoms with Gasteiger partial charge in [0.15, 0.2) is 6.29 Å². The van der Waals surface area contributed by atoms with Crippen LogP contribution in [0.4, 0.5) is 0 Å². The van der Waals surface area contributed by atoms with Crippen molar-refractivity contribution in [2.75, 3.05) is 19.8 Å². The molecule has 0 amide bonds. The standard InChI is InChI=1S/C9H19O11P/c10-1-4(3-18-21(15,16)17)19-9-8(14)7(13)6(12)5(2-11)20-9/h4-14H,1-3H2,(H2,15,16,17)/t4-,5+,6+,7-,8+,9+/m0/s1. The minimum absolute atomic E-state index is 0.659. The first-order valence-electron chi connectivity index (χ1n) is 5.96. The molecule has 21 heavy (non-hydrogen) atoms. The van der Waals surface area contributed by atoms with Crippen molar-refractivity contribution in [2.24, 2.45) is 0 Å². The summed E-state index contributed by atoms with van der Waals surface area (Å²) < 4.78 is 24.7. The lowest BCUT2D eigenvalue weighted by atomic mass is 9.99. The molecule has 0 aromatic rings. The zero-order valence-electron chi connectivity index (χ0n) is 10.8. The number of rotatable bonds is 7. The van der Waals surface area contributed by atoms with Crippen LogP contribution in [0.5, 0.6) is 0 Å². The minimum atomic E-state index is -4.77. The first-order chi connectivity index (χ1) is 9.69. The Hall–Kier alpha value is -0.170. The maximum atomic E-state index is 10.5. The summed E-state index contributed by atoms with van der Waals surface area (Å²) >= 11 is 0. The Labute approximate surface area is 119 Å². The van der Waals surface area contributed by atoms with Crippen molar-refractivity contribution in [3.63, 3.8) is 0 Å². The van der Waals surface area contributed by atoms with Gasteiger partial charge in [-0.2, -0.15) is 0 Å². The molecule has 0 bridgehead atoms. The fourth-order valence-electron chi connectivity index (χ4n) is 1.68. The lowest BCUT2D eigenvalue weighted by Crippen LogP contribution is -2.60. The van der Waals surface area contributed by atoms with Crippen LogP contribution in [0.2, 0.25) is 0 Å². The van der Waals surface area contributed by atoms with Crippen molar-refractivity contribution in [3.8, 4) is 0 Å². The molecular weight excluding hydrogens is 315 g/mol. The van der Waals surface area contributed by atoms with Crippen LogP contribution in [0.3, 0.4) is 0 Å². The van der Waals surface area contributed by atoms with E-state index >= 15 is 0 Å². The number of ether oxygens (including phenoxy) is 2. The van der Waals surface area contributed by atoms with E-state index in [-0.39, 0.29) is 0 Å². The highest BCUT2D eigenvalue weighted by Gasteiger charge is 2.44. The Balaban J connectivity index is 2.63. The summed E-state index contributed by atoms with van der Waals surface area (Å²) in [5.74, 6) is 0. The Kier molecular flexibility index (Phi) is 7.10. The normalized spacial score (nSPS) is 35.7. The van der Waals surface area contributed by atoms with E-state index in [0.29, 0.717) is 0 Å². The number of aliphatic hydroxyl groups is 5. The summed E-state index contributed by atoms with van der Waals surface area (Å²) in [6.07, 6.45) is -8.91. The van der Waals surface area contributed by atoms with Crippen molar-refractivity contribution >= 4 is 7.82 Å². The summed E-state index contributed by atoms with van der Waals surface area (Å²) in [5, 5.41) is 46.7. The van der Waals surface area contributed by atoms with E-state index in [1.807, 2.05) is 0 Å². The molecule has 1 aliphatic heterocycles. The second-order valence-electron chi connectivity index (χ2n) is 4.42. The van der Waals surface area contributed by atoms with Gasteiger partial charge in [-0.05, 0) is 0 Å². The molecule has 12 heteroatoms. The molecule has 1 fully saturated rings. The predicted octanol–water partition coefficient (Wildman–Crippen LogP) is -3.73. The number of hydrogen-bond acceptors (Lipinski definition) is 9. The molecule has 0 unspecified atom stereocenters. The van der Waals surface area contributed by atoms with Gasteiger partial charge in [-0.15, -0.1) is 0 Å². The number of phosphoric ester groups is 1. The summed E-state index contributed by atoms with van der Waals surface area (Å²) in [6, 6.07) is 0. The SMILES string of the molecule is O=P(O)(O)OC[C@H](CO)O[C@@H]1O[C@H](CO)[C@@H](O)[C@H](O)[C@H]1O. The zero-order chi connectivity index (χ0) is 16.2. The topological polar surface area (TPSA) is 186 Å².